The average Bonchev–Trinajstić information content (AvgIpc) is 2.61. The Balaban J connectivity index is 1.76. The van der Waals surface area contributed by atoms with Crippen LogP contribution in [0.4, 0.5) is 0 Å². The largest absolute Gasteiger partial charge is 0.508 e. The Morgan fingerprint density at radius 2 is 1.96 bits per heavy atom. The molecule has 0 heterocycles. The first-order valence-corrected chi connectivity index (χ1v) is 8.80. The van der Waals surface area contributed by atoms with Crippen LogP contribution >= 0.6 is 0 Å². The van der Waals surface area contributed by atoms with E-state index in [9.17, 15) is 5.11 Å². The van der Waals surface area contributed by atoms with Gasteiger partial charge in [0.2, 0.25) is 0 Å². The highest BCUT2D eigenvalue weighted by Gasteiger charge is 2.44. The predicted molar refractivity (Wildman–Crippen MR) is 95.5 cm³/mol. The normalized spacial score (nSPS) is 26.1. The molecule has 2 aliphatic rings. The Morgan fingerprint density at radius 3 is 2.74 bits per heavy atom. The van der Waals surface area contributed by atoms with Gasteiger partial charge in [-0.2, -0.15) is 0 Å². The van der Waals surface area contributed by atoms with Crippen LogP contribution in [0.15, 0.2) is 54.6 Å². The Labute approximate surface area is 138 Å². The molecule has 0 aliphatic heterocycles. The van der Waals surface area contributed by atoms with E-state index in [-0.39, 0.29) is 5.41 Å². The number of rotatable bonds is 2. The van der Waals surface area contributed by atoms with Gasteiger partial charge in [-0.15, -0.1) is 0 Å². The van der Waals surface area contributed by atoms with E-state index in [1.54, 1.807) is 0 Å². The van der Waals surface area contributed by atoms with Gasteiger partial charge in [-0.3, -0.25) is 0 Å². The number of fused-ring (bicyclic) bond motifs is 3. The zero-order chi connectivity index (χ0) is 15.9. The van der Waals surface area contributed by atoms with Crippen molar-refractivity contribution in [1.82, 2.24) is 0 Å². The van der Waals surface area contributed by atoms with Crippen molar-refractivity contribution in [3.05, 3.63) is 71.3 Å². The zero-order valence-corrected chi connectivity index (χ0v) is 13.8. The molecule has 0 spiro atoms. The molecule has 1 nitrogen and oxygen atoms in total. The number of phenolic OH excluding ortho intramolecular Hbond substituents is 1. The minimum absolute atomic E-state index is 0.263. The lowest BCUT2D eigenvalue weighted by molar-refractivity contribution is 0.220. The van der Waals surface area contributed by atoms with Crippen LogP contribution in [0.5, 0.6) is 5.75 Å². The predicted octanol–water partition coefficient (Wildman–Crippen LogP) is 5.48. The summed E-state index contributed by atoms with van der Waals surface area (Å²) in [6, 6.07) is 16.9. The van der Waals surface area contributed by atoms with Crippen LogP contribution in [0.2, 0.25) is 0 Å². The maximum absolute atomic E-state index is 9.82. The molecule has 118 valence electrons. The van der Waals surface area contributed by atoms with Gasteiger partial charge in [0.1, 0.15) is 5.75 Å². The number of benzene rings is 2. The van der Waals surface area contributed by atoms with Crippen molar-refractivity contribution in [3.8, 4) is 5.75 Å². The lowest BCUT2D eigenvalue weighted by Gasteiger charge is -2.48. The molecule has 0 radical (unpaired) electrons. The number of hydrogen-bond donors (Lipinski definition) is 1. The molecule has 0 fully saturated rings. The summed E-state index contributed by atoms with van der Waals surface area (Å²) in [6.45, 7) is 2.33. The van der Waals surface area contributed by atoms with E-state index in [2.05, 4.69) is 49.4 Å². The Bertz CT molecular complexity index is 744. The van der Waals surface area contributed by atoms with Crippen LogP contribution in [0.25, 0.3) is 5.57 Å². The second kappa shape index (κ2) is 5.56. The van der Waals surface area contributed by atoms with Crippen molar-refractivity contribution in [2.75, 3.05) is 0 Å². The molecule has 2 aromatic carbocycles. The average molecular weight is 304 g/mol. The third-order valence-electron chi connectivity index (χ3n) is 6.12. The maximum Gasteiger partial charge on any atom is 0.115 e. The van der Waals surface area contributed by atoms with Crippen LogP contribution in [0.1, 0.15) is 49.3 Å². The van der Waals surface area contributed by atoms with Gasteiger partial charge in [0, 0.05) is 5.41 Å². The number of allylic oxidation sites excluding steroid dienone is 2. The molecule has 23 heavy (non-hydrogen) atoms. The van der Waals surface area contributed by atoms with Crippen molar-refractivity contribution in [1.29, 1.82) is 0 Å². The molecule has 0 unspecified atom stereocenters. The minimum atomic E-state index is 0.263. The molecule has 0 amide bonds. The van der Waals surface area contributed by atoms with E-state index in [0.717, 1.165) is 12.8 Å². The van der Waals surface area contributed by atoms with Crippen LogP contribution in [-0.2, 0) is 11.8 Å². The number of phenols is 1. The molecule has 4 rings (SSSR count). The summed E-state index contributed by atoms with van der Waals surface area (Å²) >= 11 is 0. The van der Waals surface area contributed by atoms with Gasteiger partial charge in [-0.1, -0.05) is 49.4 Å². The Morgan fingerprint density at radius 1 is 1.13 bits per heavy atom. The van der Waals surface area contributed by atoms with Gasteiger partial charge in [-0.05, 0) is 72.4 Å². The number of aryl methyl sites for hydroxylation is 1. The highest BCUT2D eigenvalue weighted by Crippen LogP contribution is 2.53. The van der Waals surface area contributed by atoms with Crippen LogP contribution in [0, 0.1) is 5.92 Å². The minimum Gasteiger partial charge on any atom is -0.508 e. The fourth-order valence-corrected chi connectivity index (χ4v) is 4.84. The number of aromatic hydroxyl groups is 1. The zero-order valence-electron chi connectivity index (χ0n) is 13.8. The molecule has 2 aliphatic carbocycles. The van der Waals surface area contributed by atoms with Crippen LogP contribution < -0.4 is 0 Å². The third kappa shape index (κ3) is 2.30. The van der Waals surface area contributed by atoms with Gasteiger partial charge < -0.3 is 5.11 Å². The van der Waals surface area contributed by atoms with Crippen molar-refractivity contribution in [3.63, 3.8) is 0 Å². The summed E-state index contributed by atoms with van der Waals surface area (Å²) in [5, 5.41) is 9.82. The van der Waals surface area contributed by atoms with E-state index in [0.29, 0.717) is 11.7 Å². The van der Waals surface area contributed by atoms with Crippen LogP contribution in [0.3, 0.4) is 0 Å². The summed E-state index contributed by atoms with van der Waals surface area (Å²) in [4.78, 5) is 0. The van der Waals surface area contributed by atoms with Gasteiger partial charge in [0.05, 0.1) is 0 Å². The van der Waals surface area contributed by atoms with Crippen LogP contribution in [-0.4, -0.2) is 5.11 Å². The lowest BCUT2D eigenvalue weighted by atomic mass is 9.56. The quantitative estimate of drug-likeness (QED) is 0.779. The highest BCUT2D eigenvalue weighted by molar-refractivity contribution is 5.67. The SMILES string of the molecule is CC[C@@]12CC=C(c3ccccc3)C[C@H]1CCc1cc(O)ccc12. The Hall–Kier alpha value is -2.02. The van der Waals surface area contributed by atoms with Gasteiger partial charge >= 0.3 is 0 Å². The van der Waals surface area contributed by atoms with E-state index in [1.807, 2.05) is 12.1 Å². The molecule has 2 aromatic rings. The van der Waals surface area contributed by atoms with Crippen molar-refractivity contribution < 1.29 is 5.11 Å². The fourth-order valence-electron chi connectivity index (χ4n) is 4.84. The topological polar surface area (TPSA) is 20.2 Å². The summed E-state index contributed by atoms with van der Waals surface area (Å²) in [5.41, 5.74) is 6.01. The molecular formula is C22H24O. The number of hydrogen-bond acceptors (Lipinski definition) is 1. The molecule has 0 saturated carbocycles. The first-order valence-electron chi connectivity index (χ1n) is 8.80. The van der Waals surface area contributed by atoms with Crippen molar-refractivity contribution >= 4 is 5.57 Å². The summed E-state index contributed by atoms with van der Waals surface area (Å²) < 4.78 is 0. The lowest BCUT2D eigenvalue weighted by Crippen LogP contribution is -2.40. The van der Waals surface area contributed by atoms with Gasteiger partial charge in [0.15, 0.2) is 0 Å². The van der Waals surface area contributed by atoms with Crippen molar-refractivity contribution in [2.24, 2.45) is 5.92 Å². The molecule has 1 heteroatoms. The molecule has 2 atom stereocenters. The van der Waals surface area contributed by atoms with Gasteiger partial charge in [-0.25, -0.2) is 0 Å². The molecule has 0 saturated heterocycles. The summed E-state index contributed by atoms with van der Waals surface area (Å²) in [6.07, 6.45) is 8.27. The highest BCUT2D eigenvalue weighted by atomic mass is 16.3. The van der Waals surface area contributed by atoms with E-state index in [4.69, 9.17) is 0 Å². The molecular weight excluding hydrogens is 280 g/mol. The second-order valence-corrected chi connectivity index (χ2v) is 7.09. The third-order valence-corrected chi connectivity index (χ3v) is 6.12. The molecule has 0 aromatic heterocycles. The monoisotopic (exact) mass is 304 g/mol. The fraction of sp³-hybridized carbons (Fsp3) is 0.364. The molecule has 0 bridgehead atoms. The second-order valence-electron chi connectivity index (χ2n) is 7.09. The maximum atomic E-state index is 9.82. The van der Waals surface area contributed by atoms with E-state index < -0.39 is 0 Å². The summed E-state index contributed by atoms with van der Waals surface area (Å²) in [7, 11) is 0. The van der Waals surface area contributed by atoms with E-state index in [1.165, 1.54) is 41.5 Å². The molecule has 1 N–H and O–H groups in total. The van der Waals surface area contributed by atoms with Crippen molar-refractivity contribution in [2.45, 2.75) is 44.4 Å². The first-order chi connectivity index (χ1) is 11.2. The standard InChI is InChI=1S/C22H24O/c1-2-22-13-12-17(16-6-4-3-5-7-16)14-19(22)9-8-18-15-20(23)10-11-21(18)22/h3-7,10-12,15,19,23H,2,8-9,13-14H2,1H3/t19-,22-/m1/s1. The Kier molecular flexibility index (Phi) is 3.52. The summed E-state index contributed by atoms with van der Waals surface area (Å²) in [5.74, 6) is 1.12. The smallest absolute Gasteiger partial charge is 0.115 e. The first kappa shape index (κ1) is 14.6. The van der Waals surface area contributed by atoms with Gasteiger partial charge in [0.25, 0.3) is 0 Å². The van der Waals surface area contributed by atoms with E-state index >= 15 is 0 Å².